The van der Waals surface area contributed by atoms with Gasteiger partial charge in [0.05, 0.1) is 24.4 Å². The number of ketones is 1. The molecule has 0 bridgehead atoms. The molecule has 0 unspecified atom stereocenters. The molecule has 1 N–H and O–H groups in total. The molecule has 2 aromatic heterocycles. The summed E-state index contributed by atoms with van der Waals surface area (Å²) in [4.78, 5) is 19.1. The van der Waals surface area contributed by atoms with Gasteiger partial charge in [0.2, 0.25) is 0 Å². The molecule has 0 saturated heterocycles. The van der Waals surface area contributed by atoms with Crippen LogP contribution in [0.5, 0.6) is 0 Å². The molecule has 1 aromatic carbocycles. The summed E-state index contributed by atoms with van der Waals surface area (Å²) in [5, 5.41) is 14.9. The van der Waals surface area contributed by atoms with Gasteiger partial charge in [-0.25, -0.2) is 4.98 Å². The van der Waals surface area contributed by atoms with E-state index in [1.165, 1.54) is 6.07 Å². The number of nitrogens with zero attached hydrogens (tertiary/aromatic N) is 4. The first kappa shape index (κ1) is 25.0. The van der Waals surface area contributed by atoms with Crippen molar-refractivity contribution in [1.82, 2.24) is 14.8 Å². The van der Waals surface area contributed by atoms with Crippen molar-refractivity contribution in [2.24, 2.45) is 7.05 Å². The molecule has 10 heteroatoms. The van der Waals surface area contributed by atoms with Crippen molar-refractivity contribution >= 4 is 34.2 Å². The van der Waals surface area contributed by atoms with E-state index in [0.717, 1.165) is 28.8 Å². The molecule has 0 radical (unpaired) electrons. The number of halogens is 4. The Kier molecular flexibility index (Phi) is 7.33. The topological polar surface area (TPSA) is 71.2 Å². The van der Waals surface area contributed by atoms with E-state index in [9.17, 15) is 23.1 Å². The Balaban J connectivity index is 1.91. The number of hydrogen-bond donors (Lipinski definition) is 1. The molecule has 0 amide bonds. The lowest BCUT2D eigenvalue weighted by molar-refractivity contribution is -0.137. The van der Waals surface area contributed by atoms with Crippen LogP contribution in [0.25, 0.3) is 11.0 Å². The van der Waals surface area contributed by atoms with Gasteiger partial charge < -0.3 is 10.0 Å². The molecule has 2 heterocycles. The van der Waals surface area contributed by atoms with Crippen LogP contribution in [0, 0.1) is 6.92 Å². The number of hydrogen-bond acceptors (Lipinski definition) is 5. The number of anilines is 1. The Hall–Kier alpha value is -2.65. The zero-order valence-electron chi connectivity index (χ0n) is 18.9. The summed E-state index contributed by atoms with van der Waals surface area (Å²) in [6.45, 7) is 5.80. The smallest absolute Gasteiger partial charge is 0.395 e. The molecule has 3 aromatic rings. The Bertz CT molecular complexity index is 1170. The van der Waals surface area contributed by atoms with Gasteiger partial charge in [0, 0.05) is 30.4 Å². The van der Waals surface area contributed by atoms with E-state index in [0.29, 0.717) is 11.5 Å². The molecular weight excluding hydrogens is 457 g/mol. The molecule has 0 atom stereocenters. The second kappa shape index (κ2) is 9.69. The zero-order chi connectivity index (χ0) is 24.5. The number of aryl methyl sites for hydroxylation is 2. The lowest BCUT2D eigenvalue weighted by atomic mass is 9.99. The van der Waals surface area contributed by atoms with Crippen molar-refractivity contribution in [3.63, 3.8) is 0 Å². The van der Waals surface area contributed by atoms with Crippen molar-refractivity contribution in [2.75, 3.05) is 24.6 Å². The summed E-state index contributed by atoms with van der Waals surface area (Å²) >= 11 is 5.84. The van der Waals surface area contributed by atoms with Gasteiger partial charge in [-0.1, -0.05) is 25.4 Å². The second-order valence-corrected chi connectivity index (χ2v) is 8.77. The number of rotatable bonds is 8. The van der Waals surface area contributed by atoms with Crippen LogP contribution in [0.2, 0.25) is 5.02 Å². The van der Waals surface area contributed by atoms with Gasteiger partial charge in [0.15, 0.2) is 11.4 Å². The minimum absolute atomic E-state index is 0.0832. The number of pyridine rings is 1. The lowest BCUT2D eigenvalue weighted by Gasteiger charge is -2.24. The highest BCUT2D eigenvalue weighted by Gasteiger charge is 2.31. The molecular formula is C23H26ClF3N4O2. The highest BCUT2D eigenvalue weighted by atomic mass is 35.5. The zero-order valence-corrected chi connectivity index (χ0v) is 19.6. The van der Waals surface area contributed by atoms with E-state index in [4.69, 9.17) is 11.6 Å². The Morgan fingerprint density at radius 1 is 1.24 bits per heavy atom. The van der Waals surface area contributed by atoms with Gasteiger partial charge >= 0.3 is 6.18 Å². The molecule has 0 aliphatic rings. The molecule has 0 fully saturated rings. The number of carbonyl (C=O) groups excluding carboxylic acids is 1. The average Bonchev–Trinajstić information content (AvgIpc) is 2.99. The van der Waals surface area contributed by atoms with Crippen molar-refractivity contribution in [1.29, 1.82) is 0 Å². The maximum absolute atomic E-state index is 13.1. The van der Waals surface area contributed by atoms with Crippen LogP contribution < -0.4 is 4.90 Å². The predicted octanol–water partition coefficient (Wildman–Crippen LogP) is 4.68. The standard InChI is InChI=1S/C23H26ClF3N4O2/c1-13(2)19-11-20(28-22-21(19)14(3)29-30(22)4)31(5-6-32)12-18(33)9-15-7-16(23(25,26)27)10-17(24)8-15/h7-8,10-11,13,32H,5-6,9,12H2,1-4H3. The van der Waals surface area contributed by atoms with E-state index in [1.807, 2.05) is 26.8 Å². The van der Waals surface area contributed by atoms with Crippen LogP contribution in [0.1, 0.15) is 42.1 Å². The number of fused-ring (bicyclic) bond motifs is 1. The molecule has 3 rings (SSSR count). The molecule has 33 heavy (non-hydrogen) atoms. The number of aliphatic hydroxyl groups excluding tert-OH is 1. The van der Waals surface area contributed by atoms with Crippen LogP contribution in [0.15, 0.2) is 24.3 Å². The first-order chi connectivity index (χ1) is 15.4. The minimum Gasteiger partial charge on any atom is -0.395 e. The third-order valence-electron chi connectivity index (χ3n) is 5.35. The van der Waals surface area contributed by atoms with Crippen LogP contribution in [0.3, 0.4) is 0 Å². The normalized spacial score (nSPS) is 12.1. The fourth-order valence-electron chi connectivity index (χ4n) is 3.89. The second-order valence-electron chi connectivity index (χ2n) is 8.34. The van der Waals surface area contributed by atoms with Crippen LogP contribution >= 0.6 is 11.6 Å². The molecule has 0 spiro atoms. The number of Topliss-reactive ketones (excluding diaryl/α,β-unsaturated/α-hetero) is 1. The summed E-state index contributed by atoms with van der Waals surface area (Å²) in [5.74, 6) is 0.336. The van der Waals surface area contributed by atoms with E-state index in [2.05, 4.69) is 10.1 Å². The molecule has 0 aliphatic heterocycles. The first-order valence-electron chi connectivity index (χ1n) is 10.5. The number of aliphatic hydroxyl groups is 1. The predicted molar refractivity (Wildman–Crippen MR) is 122 cm³/mol. The maximum atomic E-state index is 13.1. The monoisotopic (exact) mass is 482 g/mol. The van der Waals surface area contributed by atoms with Crippen molar-refractivity contribution in [2.45, 2.75) is 39.3 Å². The summed E-state index contributed by atoms with van der Waals surface area (Å²) in [6, 6.07) is 4.99. The maximum Gasteiger partial charge on any atom is 0.416 e. The van der Waals surface area contributed by atoms with Gasteiger partial charge in [0.25, 0.3) is 0 Å². The molecule has 0 aliphatic carbocycles. The number of carbonyl (C=O) groups is 1. The highest BCUT2D eigenvalue weighted by molar-refractivity contribution is 6.30. The Morgan fingerprint density at radius 3 is 2.55 bits per heavy atom. The van der Waals surface area contributed by atoms with Gasteiger partial charge in [0.1, 0.15) is 5.82 Å². The number of alkyl halides is 3. The SMILES string of the molecule is Cc1nn(C)c2nc(N(CCO)CC(=O)Cc3cc(Cl)cc(C(F)(F)F)c3)cc(C(C)C)c12. The van der Waals surface area contributed by atoms with Crippen LogP contribution in [0.4, 0.5) is 19.0 Å². The summed E-state index contributed by atoms with van der Waals surface area (Å²) in [5.41, 5.74) is 1.80. The van der Waals surface area contributed by atoms with E-state index in [1.54, 1.807) is 16.6 Å². The fourth-order valence-corrected chi connectivity index (χ4v) is 4.15. The summed E-state index contributed by atoms with van der Waals surface area (Å²) in [7, 11) is 1.79. The van der Waals surface area contributed by atoms with Gasteiger partial charge in [-0.3, -0.25) is 9.48 Å². The van der Waals surface area contributed by atoms with Gasteiger partial charge in [-0.2, -0.15) is 18.3 Å². The fraction of sp³-hybridized carbons (Fsp3) is 0.435. The summed E-state index contributed by atoms with van der Waals surface area (Å²) in [6.07, 6.45) is -4.78. The number of aromatic nitrogens is 3. The average molecular weight is 483 g/mol. The third-order valence-corrected chi connectivity index (χ3v) is 5.57. The van der Waals surface area contributed by atoms with Gasteiger partial charge in [-0.05, 0) is 48.2 Å². The quantitative estimate of drug-likeness (QED) is 0.504. The van der Waals surface area contributed by atoms with Crippen LogP contribution in [-0.2, 0) is 24.4 Å². The largest absolute Gasteiger partial charge is 0.416 e. The molecule has 0 saturated carbocycles. The van der Waals surface area contributed by atoms with Crippen molar-refractivity contribution in [3.05, 3.63) is 51.7 Å². The van der Waals surface area contributed by atoms with Crippen LogP contribution in [-0.4, -0.2) is 45.4 Å². The number of benzene rings is 1. The Morgan fingerprint density at radius 2 is 1.94 bits per heavy atom. The Labute approximate surface area is 195 Å². The highest BCUT2D eigenvalue weighted by Crippen LogP contribution is 2.33. The lowest BCUT2D eigenvalue weighted by Crippen LogP contribution is -2.34. The third kappa shape index (κ3) is 5.65. The minimum atomic E-state index is -4.56. The van der Waals surface area contributed by atoms with Gasteiger partial charge in [-0.15, -0.1) is 0 Å². The summed E-state index contributed by atoms with van der Waals surface area (Å²) < 4.78 is 40.9. The molecule has 6 nitrogen and oxygen atoms in total. The molecule has 178 valence electrons. The van der Waals surface area contributed by atoms with Crippen molar-refractivity contribution in [3.8, 4) is 0 Å². The van der Waals surface area contributed by atoms with Crippen molar-refractivity contribution < 1.29 is 23.1 Å². The van der Waals surface area contributed by atoms with E-state index >= 15 is 0 Å². The first-order valence-corrected chi connectivity index (χ1v) is 10.9. The van der Waals surface area contributed by atoms with E-state index in [-0.39, 0.29) is 48.4 Å². The van der Waals surface area contributed by atoms with E-state index < -0.39 is 11.7 Å².